The Kier molecular flexibility index (Phi) is 8.25. The van der Waals surface area contributed by atoms with Crippen molar-refractivity contribution >= 4 is 27.5 Å². The van der Waals surface area contributed by atoms with Gasteiger partial charge in [-0.25, -0.2) is 13.1 Å². The molecule has 1 aliphatic heterocycles. The number of nitrogens with zero attached hydrogens (tertiary/aromatic N) is 2. The number of rotatable bonds is 9. The van der Waals surface area contributed by atoms with Crippen LogP contribution in [-0.4, -0.2) is 54.8 Å². The van der Waals surface area contributed by atoms with Crippen LogP contribution >= 0.6 is 0 Å². The Morgan fingerprint density at radius 1 is 1.27 bits per heavy atom. The van der Waals surface area contributed by atoms with E-state index in [1.807, 2.05) is 0 Å². The number of aryl methyl sites for hydroxylation is 1. The zero-order valence-electron chi connectivity index (χ0n) is 23.9. The number of carbonyl (C=O) groups excluding carboxylic acids is 2. The van der Waals surface area contributed by atoms with Gasteiger partial charge in [-0.3, -0.25) is 9.59 Å². The molecule has 2 N–H and O–H groups in total. The molecule has 0 radical (unpaired) electrons. The number of anilines is 1. The van der Waals surface area contributed by atoms with E-state index >= 15 is 0 Å². The minimum absolute atomic E-state index is 0.102. The first kappa shape index (κ1) is 30.9. The molecule has 1 aromatic heterocycles. The second kappa shape index (κ2) is 11.0. The summed E-state index contributed by atoms with van der Waals surface area (Å²) in [6.45, 7) is 7.53. The zero-order valence-corrected chi connectivity index (χ0v) is 24.8. The summed E-state index contributed by atoms with van der Waals surface area (Å²) in [6, 6.07) is 4.72. The minimum atomic E-state index is -4.45. The topological polar surface area (TPSA) is 119 Å². The van der Waals surface area contributed by atoms with Crippen LogP contribution in [0.25, 0.3) is 0 Å². The Labute approximate surface area is 238 Å². The molecule has 2 amide bonds. The van der Waals surface area contributed by atoms with Gasteiger partial charge in [0.2, 0.25) is 5.91 Å². The number of sulfone groups is 1. The fourth-order valence-electron chi connectivity index (χ4n) is 5.51. The molecule has 13 heteroatoms. The molecule has 1 unspecified atom stereocenters. The van der Waals surface area contributed by atoms with Crippen LogP contribution in [0.3, 0.4) is 0 Å². The molecule has 1 aromatic carbocycles. The first-order valence-corrected chi connectivity index (χ1v) is 15.6. The Morgan fingerprint density at radius 2 is 1.98 bits per heavy atom. The smallest absolute Gasteiger partial charge is 0.422 e. The number of hydrogen-bond acceptors (Lipinski definition) is 6. The Bertz CT molecular complexity index is 1450. The highest BCUT2D eigenvalue weighted by molar-refractivity contribution is 7.91. The first-order chi connectivity index (χ1) is 18.8. The largest absolute Gasteiger partial charge is 0.484 e. The van der Waals surface area contributed by atoms with Crippen LogP contribution in [0.1, 0.15) is 74.1 Å². The molecule has 0 saturated carbocycles. The van der Waals surface area contributed by atoms with Gasteiger partial charge in [0.1, 0.15) is 22.9 Å². The van der Waals surface area contributed by atoms with Crippen molar-refractivity contribution in [3.05, 3.63) is 40.6 Å². The van der Waals surface area contributed by atoms with Crippen molar-refractivity contribution in [1.29, 1.82) is 0 Å². The van der Waals surface area contributed by atoms with Crippen molar-refractivity contribution in [2.45, 2.75) is 78.1 Å². The molecule has 2 atom stereocenters. The van der Waals surface area contributed by atoms with Crippen LogP contribution in [0.15, 0.2) is 18.2 Å². The number of halogens is 3. The van der Waals surface area contributed by atoms with E-state index in [4.69, 9.17) is 9.84 Å². The normalized spacial score (nSPS) is 19.5. The van der Waals surface area contributed by atoms with Gasteiger partial charge in [0.25, 0.3) is 5.91 Å². The highest BCUT2D eigenvalue weighted by Crippen LogP contribution is 2.44. The Morgan fingerprint density at radius 3 is 2.61 bits per heavy atom. The zero-order chi connectivity index (χ0) is 30.4. The molecule has 2 aliphatic rings. The molecular formula is C28H37F3N4O5S. The summed E-state index contributed by atoms with van der Waals surface area (Å²) in [4.78, 5) is 26.2. The van der Waals surface area contributed by atoms with Crippen molar-refractivity contribution < 1.29 is 35.9 Å². The van der Waals surface area contributed by atoms with Gasteiger partial charge in [0, 0.05) is 19.2 Å². The number of amides is 2. The lowest BCUT2D eigenvalue weighted by atomic mass is 9.82. The summed E-state index contributed by atoms with van der Waals surface area (Å²) < 4.78 is 67.8. The van der Waals surface area contributed by atoms with E-state index < -0.39 is 45.7 Å². The number of benzene rings is 1. The number of hydrogen-bond donors (Lipinski definition) is 2. The van der Waals surface area contributed by atoms with Crippen LogP contribution in [0, 0.1) is 11.3 Å². The third-order valence-electron chi connectivity index (χ3n) is 7.41. The van der Waals surface area contributed by atoms with Crippen LogP contribution in [0.2, 0.25) is 0 Å². The highest BCUT2D eigenvalue weighted by Gasteiger charge is 2.47. The minimum Gasteiger partial charge on any atom is -0.484 e. The molecular weight excluding hydrogens is 561 g/mol. The van der Waals surface area contributed by atoms with Gasteiger partial charge in [-0.15, -0.1) is 0 Å². The molecule has 226 valence electrons. The van der Waals surface area contributed by atoms with Crippen molar-refractivity contribution in [2.75, 3.05) is 23.9 Å². The van der Waals surface area contributed by atoms with Gasteiger partial charge < -0.3 is 15.4 Å². The quantitative estimate of drug-likeness (QED) is 0.442. The van der Waals surface area contributed by atoms with Crippen molar-refractivity contribution in [3.8, 4) is 5.75 Å². The molecule has 2 heterocycles. The predicted molar refractivity (Wildman–Crippen MR) is 148 cm³/mol. The summed E-state index contributed by atoms with van der Waals surface area (Å²) in [5, 5.41) is 10.4. The van der Waals surface area contributed by atoms with Crippen LogP contribution in [0.4, 0.5) is 19.0 Å². The summed E-state index contributed by atoms with van der Waals surface area (Å²) in [7, 11) is -3.60. The van der Waals surface area contributed by atoms with E-state index in [0.29, 0.717) is 31.5 Å². The maximum absolute atomic E-state index is 13.6. The number of alkyl halides is 3. The third-order valence-corrected chi connectivity index (χ3v) is 8.20. The second-order valence-corrected chi connectivity index (χ2v) is 14.8. The molecule has 0 bridgehead atoms. The molecule has 41 heavy (non-hydrogen) atoms. The molecule has 4 rings (SSSR count). The summed E-state index contributed by atoms with van der Waals surface area (Å²) in [5.41, 5.74) is 1.55. The lowest BCUT2D eigenvalue weighted by Gasteiger charge is -2.35. The van der Waals surface area contributed by atoms with Crippen LogP contribution in [-0.2, 0) is 39.6 Å². The lowest BCUT2D eigenvalue weighted by molar-refractivity contribution is -0.153. The van der Waals surface area contributed by atoms with E-state index in [0.717, 1.165) is 30.2 Å². The van der Waals surface area contributed by atoms with Gasteiger partial charge in [0.15, 0.2) is 16.4 Å². The Hall–Kier alpha value is -3.09. The van der Waals surface area contributed by atoms with E-state index in [-0.39, 0.29) is 28.5 Å². The van der Waals surface area contributed by atoms with Crippen molar-refractivity contribution in [3.63, 3.8) is 0 Å². The number of ether oxygens (including phenoxy) is 1. The van der Waals surface area contributed by atoms with E-state index in [9.17, 15) is 31.2 Å². The van der Waals surface area contributed by atoms with E-state index in [1.165, 1.54) is 6.07 Å². The predicted octanol–water partition coefficient (Wildman–Crippen LogP) is 4.40. The van der Waals surface area contributed by atoms with Gasteiger partial charge in [-0.2, -0.15) is 18.3 Å². The number of nitrogens with one attached hydrogen (secondary N) is 2. The SMILES string of the molecule is CC(CCC(C)(C)C)Cn1nc2c(c1NC(=O)CS(C)(=O)=O)C(=O)N[C@@]1(CCc3cc(OCC(F)(F)F)ccc31)C2. The molecule has 1 spiro atoms. The van der Waals surface area contributed by atoms with Gasteiger partial charge in [-0.05, 0) is 60.3 Å². The maximum Gasteiger partial charge on any atom is 0.422 e. The summed E-state index contributed by atoms with van der Waals surface area (Å²) in [5.74, 6) is -1.53. The number of fused-ring (bicyclic) bond motifs is 3. The molecule has 0 fully saturated rings. The monoisotopic (exact) mass is 598 g/mol. The van der Waals surface area contributed by atoms with E-state index in [1.54, 1.807) is 16.8 Å². The average Bonchev–Trinajstić information content (AvgIpc) is 3.32. The standard InChI is InChI=1S/C28H37F3N4O5S/c1-17(8-10-26(2,3)4)14-35-24(32-22(36)15-41(5,38)39)23-21(34-35)13-27(33-25(23)37)11-9-18-12-19(6-7-20(18)27)40-16-28(29,30)31/h6-7,12,17H,8-11,13-16H2,1-5H3,(H,32,36)(H,33,37)/t17?,27-/m0/s1. The third kappa shape index (κ3) is 7.60. The lowest BCUT2D eigenvalue weighted by Crippen LogP contribution is -2.49. The molecule has 1 aliphatic carbocycles. The van der Waals surface area contributed by atoms with Crippen molar-refractivity contribution in [2.24, 2.45) is 11.3 Å². The van der Waals surface area contributed by atoms with Gasteiger partial charge >= 0.3 is 6.18 Å². The van der Waals surface area contributed by atoms with Crippen molar-refractivity contribution in [1.82, 2.24) is 15.1 Å². The molecule has 9 nitrogen and oxygen atoms in total. The average molecular weight is 599 g/mol. The van der Waals surface area contributed by atoms with Crippen LogP contribution in [0.5, 0.6) is 5.75 Å². The first-order valence-electron chi connectivity index (χ1n) is 13.6. The van der Waals surface area contributed by atoms with Gasteiger partial charge in [-0.1, -0.05) is 33.8 Å². The van der Waals surface area contributed by atoms with Gasteiger partial charge in [0.05, 0.1) is 11.2 Å². The number of aromatic nitrogens is 2. The summed E-state index contributed by atoms with van der Waals surface area (Å²) in [6.07, 6.45) is -0.306. The fourth-order valence-corrected chi connectivity index (χ4v) is 6.06. The fraction of sp³-hybridized carbons (Fsp3) is 0.607. The maximum atomic E-state index is 13.6. The molecule has 0 saturated heterocycles. The highest BCUT2D eigenvalue weighted by atomic mass is 32.2. The molecule has 2 aromatic rings. The summed E-state index contributed by atoms with van der Waals surface area (Å²) >= 11 is 0. The Balaban J connectivity index is 1.64. The number of carbonyl (C=O) groups is 2. The second-order valence-electron chi connectivity index (χ2n) is 12.6. The van der Waals surface area contributed by atoms with Crippen LogP contribution < -0.4 is 15.4 Å². The van der Waals surface area contributed by atoms with E-state index in [2.05, 4.69) is 38.3 Å².